The highest BCUT2D eigenvalue weighted by molar-refractivity contribution is 8.26. The van der Waals surface area contributed by atoms with Crippen molar-refractivity contribution >= 4 is 33.2 Å². The lowest BCUT2D eigenvalue weighted by atomic mass is 10.1. The van der Waals surface area contributed by atoms with Crippen molar-refractivity contribution in [2.75, 3.05) is 11.5 Å². The van der Waals surface area contributed by atoms with Crippen molar-refractivity contribution in [1.82, 2.24) is 0 Å². The van der Waals surface area contributed by atoms with Crippen LogP contribution in [0.1, 0.15) is 11.1 Å². The number of hydrogen-bond donors (Lipinski definition) is 5. The summed E-state index contributed by atoms with van der Waals surface area (Å²) in [6, 6.07) is 8.82. The number of rotatable bonds is 3. The van der Waals surface area contributed by atoms with E-state index >= 15 is 0 Å². The Morgan fingerprint density at radius 3 is 2.36 bits per heavy atom. The van der Waals surface area contributed by atoms with E-state index in [1.807, 2.05) is 0 Å². The van der Waals surface area contributed by atoms with Crippen molar-refractivity contribution in [3.63, 3.8) is 0 Å². The molecule has 0 aliphatic rings. The summed E-state index contributed by atoms with van der Waals surface area (Å²) in [6.07, 6.45) is 0.276. The maximum Gasteiger partial charge on any atom is 0.150 e. The van der Waals surface area contributed by atoms with Gasteiger partial charge in [-0.15, -0.1) is 0 Å². The number of phenolic OH excluding ortho intramolecular Hbond substituents is 1. The minimum atomic E-state index is -0.335. The van der Waals surface area contributed by atoms with E-state index in [1.165, 1.54) is 24.3 Å². The van der Waals surface area contributed by atoms with Gasteiger partial charge in [0.25, 0.3) is 0 Å². The number of benzene rings is 2. The van der Waals surface area contributed by atoms with Gasteiger partial charge in [-0.05, 0) is 29.8 Å². The number of aromatic hydroxyl groups is 1. The van der Waals surface area contributed by atoms with E-state index in [9.17, 15) is 9.50 Å². The van der Waals surface area contributed by atoms with E-state index in [1.54, 1.807) is 12.1 Å². The maximum atomic E-state index is 12.8. The maximum absolute atomic E-state index is 12.8. The minimum Gasteiger partial charge on any atom is -0.505 e. The number of hydrogen-bond acceptors (Lipinski definition) is 6. The Labute approximate surface area is 131 Å². The molecule has 114 valence electrons. The van der Waals surface area contributed by atoms with Gasteiger partial charge in [-0.2, -0.15) is 0 Å². The lowest BCUT2D eigenvalue weighted by Gasteiger charge is -2.10. The average molecular weight is 318 g/mol. The van der Waals surface area contributed by atoms with Crippen LogP contribution >= 0.6 is 11.8 Å². The fraction of sp³-hybridized carbons (Fsp3) is 0.0667. The summed E-state index contributed by atoms with van der Waals surface area (Å²) < 4.78 is 12.8. The molecule has 2 aromatic rings. The molecule has 0 aliphatic heterocycles. The molecule has 0 unspecified atom stereocenters. The standard InChI is InChI=1S/C15H15FN4OS/c16-9-3-1-8(2-4-9)7-12(18)22-15(20)10-5-6-11(17)13(19)14(10)21/h1-6,18,20-21H,7,17,19H2. The first-order valence-corrected chi connectivity index (χ1v) is 7.15. The summed E-state index contributed by atoms with van der Waals surface area (Å²) in [5.74, 6) is -0.593. The van der Waals surface area contributed by atoms with Gasteiger partial charge in [0.15, 0.2) is 5.75 Å². The molecule has 0 atom stereocenters. The lowest BCUT2D eigenvalue weighted by molar-refractivity contribution is 0.477. The summed E-state index contributed by atoms with van der Waals surface area (Å²) >= 11 is 0.897. The smallest absolute Gasteiger partial charge is 0.150 e. The van der Waals surface area contributed by atoms with E-state index in [0.717, 1.165) is 17.3 Å². The zero-order valence-corrected chi connectivity index (χ0v) is 12.4. The van der Waals surface area contributed by atoms with Gasteiger partial charge in [0, 0.05) is 6.42 Å². The number of nitrogens with one attached hydrogen (secondary N) is 2. The van der Waals surface area contributed by atoms with Gasteiger partial charge < -0.3 is 16.6 Å². The summed E-state index contributed by atoms with van der Waals surface area (Å²) in [5, 5.41) is 26.0. The van der Waals surface area contributed by atoms with E-state index in [-0.39, 0.29) is 45.0 Å². The molecule has 7 heteroatoms. The molecule has 0 aliphatic carbocycles. The Bertz CT molecular complexity index is 731. The predicted octanol–water partition coefficient (Wildman–Crippen LogP) is 2.97. The fourth-order valence-corrected chi connectivity index (χ4v) is 2.57. The molecule has 5 nitrogen and oxygen atoms in total. The number of thioether (sulfide) groups is 1. The van der Waals surface area contributed by atoms with Crippen LogP contribution in [0.25, 0.3) is 0 Å². The number of nitrogens with two attached hydrogens (primary N) is 2. The zero-order chi connectivity index (χ0) is 16.3. The molecule has 0 saturated carbocycles. The van der Waals surface area contributed by atoms with Crippen LogP contribution in [-0.2, 0) is 6.42 Å². The van der Waals surface area contributed by atoms with Gasteiger partial charge in [-0.1, -0.05) is 23.9 Å². The molecule has 0 amide bonds. The van der Waals surface area contributed by atoms with E-state index in [0.29, 0.717) is 0 Å². The van der Waals surface area contributed by atoms with Crippen molar-refractivity contribution in [1.29, 1.82) is 10.8 Å². The SMILES string of the molecule is N=C(Cc1ccc(F)cc1)SC(=N)c1ccc(N)c(N)c1O. The van der Waals surface area contributed by atoms with Crippen LogP contribution in [0.3, 0.4) is 0 Å². The third kappa shape index (κ3) is 3.56. The second kappa shape index (κ2) is 6.48. The highest BCUT2D eigenvalue weighted by atomic mass is 32.2. The molecule has 22 heavy (non-hydrogen) atoms. The van der Waals surface area contributed by atoms with Crippen molar-refractivity contribution in [2.24, 2.45) is 0 Å². The molecule has 0 radical (unpaired) electrons. The number of nitrogen functional groups attached to an aromatic ring is 2. The van der Waals surface area contributed by atoms with E-state index < -0.39 is 0 Å². The predicted molar refractivity (Wildman–Crippen MR) is 89.2 cm³/mol. The van der Waals surface area contributed by atoms with Crippen LogP contribution in [0, 0.1) is 16.6 Å². The quantitative estimate of drug-likeness (QED) is 0.258. The third-order valence-electron chi connectivity index (χ3n) is 3.00. The van der Waals surface area contributed by atoms with Crippen LogP contribution in [-0.4, -0.2) is 15.2 Å². The van der Waals surface area contributed by atoms with Crippen molar-refractivity contribution in [2.45, 2.75) is 6.42 Å². The van der Waals surface area contributed by atoms with Crippen LogP contribution in [0.4, 0.5) is 15.8 Å². The minimum absolute atomic E-state index is 0.00342. The Balaban J connectivity index is 2.07. The molecule has 2 aromatic carbocycles. The molecule has 0 spiro atoms. The second-order valence-corrected chi connectivity index (χ2v) is 5.73. The largest absolute Gasteiger partial charge is 0.505 e. The van der Waals surface area contributed by atoms with E-state index in [4.69, 9.17) is 22.3 Å². The Kier molecular flexibility index (Phi) is 4.67. The molecule has 7 N–H and O–H groups in total. The highest BCUT2D eigenvalue weighted by Crippen LogP contribution is 2.32. The third-order valence-corrected chi connectivity index (χ3v) is 3.81. The van der Waals surface area contributed by atoms with E-state index in [2.05, 4.69) is 0 Å². The molecule has 0 aromatic heterocycles. The van der Waals surface area contributed by atoms with Crippen molar-refractivity contribution < 1.29 is 9.50 Å². The molecule has 0 saturated heterocycles. The lowest BCUT2D eigenvalue weighted by Crippen LogP contribution is -2.05. The normalized spacial score (nSPS) is 10.4. The Morgan fingerprint density at radius 1 is 1.09 bits per heavy atom. The first-order valence-electron chi connectivity index (χ1n) is 6.34. The van der Waals surface area contributed by atoms with Crippen LogP contribution in [0.15, 0.2) is 36.4 Å². The summed E-state index contributed by atoms with van der Waals surface area (Å²) in [7, 11) is 0. The van der Waals surface area contributed by atoms with Crippen molar-refractivity contribution in [3.8, 4) is 5.75 Å². The molecule has 0 heterocycles. The average Bonchev–Trinajstić information content (AvgIpc) is 2.47. The molecule has 0 fully saturated rings. The molecule has 2 rings (SSSR count). The van der Waals surface area contributed by atoms with Crippen LogP contribution in [0.5, 0.6) is 5.75 Å². The van der Waals surface area contributed by atoms with Crippen LogP contribution in [0.2, 0.25) is 0 Å². The molecular weight excluding hydrogens is 303 g/mol. The van der Waals surface area contributed by atoms with Gasteiger partial charge in [0.05, 0.1) is 22.0 Å². The number of halogens is 1. The zero-order valence-electron chi connectivity index (χ0n) is 11.6. The molecule has 0 bridgehead atoms. The summed E-state index contributed by atoms with van der Waals surface area (Å²) in [6.45, 7) is 0. The topological polar surface area (TPSA) is 120 Å². The first kappa shape index (κ1) is 15.8. The first-order chi connectivity index (χ1) is 10.4. The highest BCUT2D eigenvalue weighted by Gasteiger charge is 2.14. The fourth-order valence-electron chi connectivity index (χ4n) is 1.81. The monoisotopic (exact) mass is 318 g/mol. The number of anilines is 2. The summed E-state index contributed by atoms with van der Waals surface area (Å²) in [4.78, 5) is 0. The molecular formula is C15H15FN4OS. The summed E-state index contributed by atoms with van der Waals surface area (Å²) in [5.41, 5.74) is 12.4. The van der Waals surface area contributed by atoms with Gasteiger partial charge in [0.2, 0.25) is 0 Å². The van der Waals surface area contributed by atoms with Crippen molar-refractivity contribution in [3.05, 3.63) is 53.3 Å². The van der Waals surface area contributed by atoms with Gasteiger partial charge in [0.1, 0.15) is 10.9 Å². The Hall–Kier alpha value is -2.54. The van der Waals surface area contributed by atoms with Gasteiger partial charge in [-0.3, -0.25) is 10.8 Å². The van der Waals surface area contributed by atoms with Crippen LogP contribution < -0.4 is 11.5 Å². The van der Waals surface area contributed by atoms with Gasteiger partial charge >= 0.3 is 0 Å². The van der Waals surface area contributed by atoms with Gasteiger partial charge in [-0.25, -0.2) is 4.39 Å². The number of phenols is 1. The second-order valence-electron chi connectivity index (χ2n) is 4.62. The Morgan fingerprint density at radius 2 is 1.73 bits per heavy atom.